The zero-order chi connectivity index (χ0) is 15.1. The van der Waals surface area contributed by atoms with Gasteiger partial charge < -0.3 is 5.32 Å². The predicted molar refractivity (Wildman–Crippen MR) is 77.0 cm³/mol. The topological polar surface area (TPSA) is 66.5 Å². The molecule has 3 amide bonds. The fourth-order valence-electron chi connectivity index (χ4n) is 4.47. The van der Waals surface area contributed by atoms with Gasteiger partial charge in [-0.3, -0.25) is 19.3 Å². The molecule has 0 radical (unpaired) electrons. The molecule has 0 unspecified atom stereocenters. The van der Waals surface area contributed by atoms with Crippen LogP contribution in [0.3, 0.4) is 0 Å². The molecule has 2 saturated carbocycles. The van der Waals surface area contributed by atoms with E-state index in [1.54, 1.807) is 6.92 Å². The lowest BCUT2D eigenvalue weighted by molar-refractivity contribution is -0.143. The highest BCUT2D eigenvalue weighted by Gasteiger charge is 2.42. The molecule has 3 rings (SSSR count). The molecule has 0 aromatic heterocycles. The average molecular weight is 292 g/mol. The summed E-state index contributed by atoms with van der Waals surface area (Å²) in [6, 6.07) is 0.137. The maximum Gasteiger partial charge on any atom is 0.240 e. The van der Waals surface area contributed by atoms with E-state index in [-0.39, 0.29) is 42.6 Å². The standard InChI is InChI=1S/C16H24N2O3/c1-9-5-15(20)18(16(9)21)8-14(19)17-10(2)13-7-11-3-4-12(13)6-11/h9-13H,3-8H2,1-2H3,(H,17,19)/t9-,10-,11+,12+,13+/m1/s1. The first kappa shape index (κ1) is 14.5. The van der Waals surface area contributed by atoms with Gasteiger partial charge in [0, 0.05) is 18.4 Å². The number of carbonyl (C=O) groups excluding carboxylic acids is 3. The van der Waals surface area contributed by atoms with Crippen LogP contribution in [0.15, 0.2) is 0 Å². The van der Waals surface area contributed by atoms with Crippen LogP contribution in [0.5, 0.6) is 0 Å². The van der Waals surface area contributed by atoms with E-state index in [1.807, 2.05) is 0 Å². The number of nitrogens with zero attached hydrogens (tertiary/aromatic N) is 1. The zero-order valence-electron chi connectivity index (χ0n) is 12.8. The van der Waals surface area contributed by atoms with Crippen molar-refractivity contribution in [2.24, 2.45) is 23.7 Å². The summed E-state index contributed by atoms with van der Waals surface area (Å²) in [6.45, 7) is 3.67. The molecule has 21 heavy (non-hydrogen) atoms. The van der Waals surface area contributed by atoms with E-state index in [9.17, 15) is 14.4 Å². The molecule has 0 aromatic carbocycles. The number of fused-ring (bicyclic) bond motifs is 2. The molecule has 2 aliphatic carbocycles. The third kappa shape index (κ3) is 2.70. The Bertz CT molecular complexity index is 476. The lowest BCUT2D eigenvalue weighted by Crippen LogP contribution is -2.46. The Morgan fingerprint density at radius 3 is 2.62 bits per heavy atom. The minimum absolute atomic E-state index is 0.118. The average Bonchev–Trinajstić information content (AvgIpc) is 3.10. The number of amides is 3. The van der Waals surface area contributed by atoms with Gasteiger partial charge in [0.15, 0.2) is 0 Å². The largest absolute Gasteiger partial charge is 0.352 e. The maximum atomic E-state index is 12.1. The van der Waals surface area contributed by atoms with Crippen LogP contribution in [-0.4, -0.2) is 35.2 Å². The molecule has 1 aliphatic heterocycles. The van der Waals surface area contributed by atoms with E-state index >= 15 is 0 Å². The Labute approximate surface area is 125 Å². The summed E-state index contributed by atoms with van der Waals surface area (Å²) in [6.07, 6.45) is 5.39. The Balaban J connectivity index is 1.52. The fourth-order valence-corrected chi connectivity index (χ4v) is 4.47. The number of nitrogens with one attached hydrogen (secondary N) is 1. The van der Waals surface area contributed by atoms with Crippen molar-refractivity contribution in [1.29, 1.82) is 0 Å². The van der Waals surface area contributed by atoms with Crippen LogP contribution in [0.2, 0.25) is 0 Å². The van der Waals surface area contributed by atoms with E-state index in [1.165, 1.54) is 25.7 Å². The molecule has 1 saturated heterocycles. The highest BCUT2D eigenvalue weighted by atomic mass is 16.2. The molecule has 5 heteroatoms. The molecule has 1 N–H and O–H groups in total. The minimum Gasteiger partial charge on any atom is -0.352 e. The first-order chi connectivity index (χ1) is 9.95. The summed E-state index contributed by atoms with van der Waals surface area (Å²) in [5.41, 5.74) is 0. The monoisotopic (exact) mass is 292 g/mol. The van der Waals surface area contributed by atoms with Crippen LogP contribution in [0.4, 0.5) is 0 Å². The lowest BCUT2D eigenvalue weighted by atomic mass is 9.84. The van der Waals surface area contributed by atoms with Gasteiger partial charge in [-0.2, -0.15) is 0 Å². The van der Waals surface area contributed by atoms with E-state index in [2.05, 4.69) is 12.2 Å². The molecule has 0 spiro atoms. The normalized spacial score (nSPS) is 36.4. The highest BCUT2D eigenvalue weighted by molar-refractivity contribution is 6.05. The van der Waals surface area contributed by atoms with Crippen molar-refractivity contribution in [2.45, 2.75) is 52.0 Å². The van der Waals surface area contributed by atoms with Crippen molar-refractivity contribution < 1.29 is 14.4 Å². The molecule has 3 fully saturated rings. The van der Waals surface area contributed by atoms with Crippen molar-refractivity contribution in [3.63, 3.8) is 0 Å². The Morgan fingerprint density at radius 1 is 1.33 bits per heavy atom. The highest BCUT2D eigenvalue weighted by Crippen LogP contribution is 2.49. The van der Waals surface area contributed by atoms with Crippen LogP contribution in [-0.2, 0) is 14.4 Å². The number of rotatable bonds is 4. The molecular formula is C16H24N2O3. The third-order valence-corrected chi connectivity index (χ3v) is 5.59. The van der Waals surface area contributed by atoms with Gasteiger partial charge >= 0.3 is 0 Å². The fraction of sp³-hybridized carbons (Fsp3) is 0.812. The van der Waals surface area contributed by atoms with Crippen LogP contribution < -0.4 is 5.32 Å². The number of hydrogen-bond acceptors (Lipinski definition) is 3. The van der Waals surface area contributed by atoms with Gasteiger partial charge in [-0.25, -0.2) is 0 Å². The summed E-state index contributed by atoms with van der Waals surface area (Å²) >= 11 is 0. The Hall–Kier alpha value is -1.39. The Morgan fingerprint density at radius 2 is 2.10 bits per heavy atom. The maximum absolute atomic E-state index is 12.1. The van der Waals surface area contributed by atoms with Gasteiger partial charge in [0.1, 0.15) is 6.54 Å². The summed E-state index contributed by atoms with van der Waals surface area (Å²) < 4.78 is 0. The van der Waals surface area contributed by atoms with Crippen molar-refractivity contribution >= 4 is 17.7 Å². The van der Waals surface area contributed by atoms with E-state index < -0.39 is 0 Å². The second kappa shape index (κ2) is 5.43. The number of hydrogen-bond donors (Lipinski definition) is 1. The van der Waals surface area contributed by atoms with Crippen LogP contribution in [0.1, 0.15) is 46.0 Å². The minimum atomic E-state index is -0.284. The number of likely N-dealkylation sites (tertiary alicyclic amines) is 1. The van der Waals surface area contributed by atoms with E-state index in [4.69, 9.17) is 0 Å². The van der Waals surface area contributed by atoms with Gasteiger partial charge in [-0.1, -0.05) is 13.3 Å². The molecular weight excluding hydrogens is 268 g/mol. The quantitative estimate of drug-likeness (QED) is 0.795. The summed E-state index contributed by atoms with van der Waals surface area (Å²) in [4.78, 5) is 36.7. The third-order valence-electron chi connectivity index (χ3n) is 5.59. The zero-order valence-corrected chi connectivity index (χ0v) is 12.8. The van der Waals surface area contributed by atoms with E-state index in [0.717, 1.165) is 16.7 Å². The van der Waals surface area contributed by atoms with E-state index in [0.29, 0.717) is 5.92 Å². The molecule has 116 valence electrons. The first-order valence-corrected chi connectivity index (χ1v) is 8.09. The van der Waals surface area contributed by atoms with Crippen LogP contribution in [0.25, 0.3) is 0 Å². The molecule has 1 heterocycles. The lowest BCUT2D eigenvalue weighted by Gasteiger charge is -2.29. The van der Waals surface area contributed by atoms with Gasteiger partial charge in [0.25, 0.3) is 0 Å². The molecule has 5 nitrogen and oxygen atoms in total. The van der Waals surface area contributed by atoms with Crippen molar-refractivity contribution in [2.75, 3.05) is 6.54 Å². The van der Waals surface area contributed by atoms with Crippen LogP contribution in [0, 0.1) is 23.7 Å². The first-order valence-electron chi connectivity index (χ1n) is 8.09. The smallest absolute Gasteiger partial charge is 0.240 e. The SMILES string of the molecule is C[C@@H]1CC(=O)N(CC(=O)N[C@H](C)[C@@H]2C[C@H]3CC[C@H]2C3)C1=O. The van der Waals surface area contributed by atoms with Gasteiger partial charge in [0.2, 0.25) is 17.7 Å². The summed E-state index contributed by atoms with van der Waals surface area (Å²) in [7, 11) is 0. The molecule has 2 bridgehead atoms. The van der Waals surface area contributed by atoms with Crippen molar-refractivity contribution in [3.8, 4) is 0 Å². The Kier molecular flexibility index (Phi) is 3.76. The number of imide groups is 1. The summed E-state index contributed by atoms with van der Waals surface area (Å²) in [5, 5.41) is 3.00. The molecule has 5 atom stereocenters. The van der Waals surface area contributed by atoms with Crippen molar-refractivity contribution in [1.82, 2.24) is 10.2 Å². The van der Waals surface area contributed by atoms with Gasteiger partial charge in [-0.15, -0.1) is 0 Å². The van der Waals surface area contributed by atoms with Gasteiger partial charge in [0.05, 0.1) is 0 Å². The molecule has 0 aromatic rings. The number of carbonyl (C=O) groups is 3. The predicted octanol–water partition coefficient (Wildman–Crippen LogP) is 1.32. The molecule has 3 aliphatic rings. The second-order valence-corrected chi connectivity index (χ2v) is 7.12. The van der Waals surface area contributed by atoms with Crippen molar-refractivity contribution in [3.05, 3.63) is 0 Å². The summed E-state index contributed by atoms with van der Waals surface area (Å²) in [5.74, 6) is 1.23. The second-order valence-electron chi connectivity index (χ2n) is 7.12. The van der Waals surface area contributed by atoms with Crippen LogP contribution >= 0.6 is 0 Å². The van der Waals surface area contributed by atoms with Gasteiger partial charge in [-0.05, 0) is 43.9 Å².